The van der Waals surface area contributed by atoms with Gasteiger partial charge in [-0.15, -0.1) is 0 Å². The first-order valence-corrected chi connectivity index (χ1v) is 6.56. The minimum Gasteiger partial charge on any atom is -0.293 e. The predicted molar refractivity (Wildman–Crippen MR) is 66.7 cm³/mol. The number of thioether (sulfide) groups is 1. The number of ketones is 1. The van der Waals surface area contributed by atoms with Crippen molar-refractivity contribution in [1.29, 1.82) is 0 Å². The van der Waals surface area contributed by atoms with E-state index in [1.807, 2.05) is 24.3 Å². The molecule has 0 saturated heterocycles. The zero-order chi connectivity index (χ0) is 13.6. The van der Waals surface area contributed by atoms with Gasteiger partial charge in [0.2, 0.25) is 0 Å². The molecule has 3 rings (SSSR count). The van der Waals surface area contributed by atoms with Crippen LogP contribution in [0.2, 0.25) is 0 Å². The molecule has 1 aliphatic carbocycles. The van der Waals surface area contributed by atoms with Crippen molar-refractivity contribution in [2.75, 3.05) is 0 Å². The van der Waals surface area contributed by atoms with Gasteiger partial charge in [-0.3, -0.25) is 4.79 Å². The highest BCUT2D eigenvalue weighted by Gasteiger charge is 2.46. The van der Waals surface area contributed by atoms with Crippen molar-refractivity contribution in [1.82, 2.24) is 0 Å². The molecule has 98 valence electrons. The van der Waals surface area contributed by atoms with Gasteiger partial charge in [0.1, 0.15) is 5.92 Å². The zero-order valence-corrected chi connectivity index (χ0v) is 10.5. The molecule has 5 heteroatoms. The number of halogens is 3. The van der Waals surface area contributed by atoms with E-state index < -0.39 is 17.9 Å². The van der Waals surface area contributed by atoms with Crippen LogP contribution in [0.3, 0.4) is 0 Å². The van der Waals surface area contributed by atoms with E-state index in [0.29, 0.717) is 4.91 Å². The first-order chi connectivity index (χ1) is 8.97. The molecular formula is C14H9F3OS. The highest BCUT2D eigenvalue weighted by molar-refractivity contribution is 8.03. The number of fused-ring (bicyclic) bond motifs is 1. The van der Waals surface area contributed by atoms with Gasteiger partial charge in [0.15, 0.2) is 5.78 Å². The Balaban J connectivity index is 1.98. The predicted octanol–water partition coefficient (Wildman–Crippen LogP) is 3.91. The van der Waals surface area contributed by atoms with Gasteiger partial charge in [0.05, 0.1) is 0 Å². The van der Waals surface area contributed by atoms with Crippen molar-refractivity contribution >= 4 is 17.5 Å². The number of hydrogen-bond acceptors (Lipinski definition) is 2. The number of carbonyl (C=O) groups excluding carboxylic acids is 1. The number of allylic oxidation sites excluding steroid dienone is 3. The van der Waals surface area contributed by atoms with E-state index in [4.69, 9.17) is 0 Å². The molecule has 0 aromatic heterocycles. The van der Waals surface area contributed by atoms with E-state index in [0.717, 1.165) is 16.5 Å². The third-order valence-corrected chi connectivity index (χ3v) is 4.45. The number of benzene rings is 1. The molecule has 2 aliphatic rings. The van der Waals surface area contributed by atoms with Crippen molar-refractivity contribution in [3.8, 4) is 0 Å². The molecule has 0 amide bonds. The number of hydrogen-bond donors (Lipinski definition) is 0. The third-order valence-electron chi connectivity index (χ3n) is 3.23. The molecule has 1 atom stereocenters. The minimum absolute atomic E-state index is 0.286. The lowest BCUT2D eigenvalue weighted by atomic mass is 9.88. The summed E-state index contributed by atoms with van der Waals surface area (Å²) in [5.41, 5.74) is 1.20. The Bertz CT molecular complexity index is 613. The Morgan fingerprint density at radius 3 is 2.68 bits per heavy atom. The standard InChI is InChI=1S/C14H9F3OS/c15-14(16,17)10-5-6-12-9(13(10)18)7-8-3-1-2-4-11(8)19-12/h1-6,10H,7H2. The van der Waals surface area contributed by atoms with Crippen LogP contribution >= 0.6 is 11.8 Å². The van der Waals surface area contributed by atoms with Crippen LogP contribution in [0.1, 0.15) is 5.56 Å². The molecule has 1 nitrogen and oxygen atoms in total. The molecule has 1 aromatic rings. The highest BCUT2D eigenvalue weighted by Crippen LogP contribution is 2.44. The van der Waals surface area contributed by atoms with Gasteiger partial charge in [-0.2, -0.15) is 13.2 Å². The first-order valence-electron chi connectivity index (χ1n) is 5.75. The smallest absolute Gasteiger partial charge is 0.293 e. The van der Waals surface area contributed by atoms with Gasteiger partial charge < -0.3 is 0 Å². The maximum Gasteiger partial charge on any atom is 0.402 e. The second-order valence-electron chi connectivity index (χ2n) is 4.47. The van der Waals surface area contributed by atoms with Crippen LogP contribution in [0.25, 0.3) is 0 Å². The molecular weight excluding hydrogens is 273 g/mol. The summed E-state index contributed by atoms with van der Waals surface area (Å²) >= 11 is 1.36. The fourth-order valence-electron chi connectivity index (χ4n) is 2.27. The van der Waals surface area contributed by atoms with Crippen molar-refractivity contribution < 1.29 is 18.0 Å². The van der Waals surface area contributed by atoms with E-state index in [1.54, 1.807) is 0 Å². The topological polar surface area (TPSA) is 17.1 Å². The Kier molecular flexibility index (Phi) is 2.82. The fourth-order valence-corrected chi connectivity index (χ4v) is 3.36. The Morgan fingerprint density at radius 2 is 1.95 bits per heavy atom. The summed E-state index contributed by atoms with van der Waals surface area (Å²) in [6.45, 7) is 0. The van der Waals surface area contributed by atoms with Crippen LogP contribution < -0.4 is 0 Å². The van der Waals surface area contributed by atoms with E-state index >= 15 is 0 Å². The van der Waals surface area contributed by atoms with Crippen LogP contribution in [-0.2, 0) is 11.2 Å². The normalized spacial score (nSPS) is 22.3. The van der Waals surface area contributed by atoms with Crippen molar-refractivity contribution in [2.24, 2.45) is 5.92 Å². The van der Waals surface area contributed by atoms with Crippen LogP contribution in [-0.4, -0.2) is 12.0 Å². The van der Waals surface area contributed by atoms with E-state index in [9.17, 15) is 18.0 Å². The molecule has 1 aromatic carbocycles. The summed E-state index contributed by atoms with van der Waals surface area (Å²) in [5, 5.41) is 0. The monoisotopic (exact) mass is 282 g/mol. The Labute approximate surface area is 112 Å². The van der Waals surface area contributed by atoms with Crippen LogP contribution in [0, 0.1) is 5.92 Å². The SMILES string of the molecule is O=C1C2=C(C=CC1C(F)(F)F)Sc1ccccc1C2. The molecule has 1 aliphatic heterocycles. The summed E-state index contributed by atoms with van der Waals surface area (Å²) in [4.78, 5) is 13.6. The molecule has 1 unspecified atom stereocenters. The number of Topliss-reactive ketones (excluding diaryl/α,β-unsaturated/α-hetero) is 1. The van der Waals surface area contributed by atoms with Gasteiger partial charge in [-0.05, 0) is 11.6 Å². The molecule has 0 radical (unpaired) electrons. The molecule has 0 spiro atoms. The quantitative estimate of drug-likeness (QED) is 0.717. The second kappa shape index (κ2) is 4.27. The molecule has 19 heavy (non-hydrogen) atoms. The van der Waals surface area contributed by atoms with Gasteiger partial charge in [0, 0.05) is 21.8 Å². The minimum atomic E-state index is -4.51. The molecule has 0 bridgehead atoms. The Hall–Kier alpha value is -1.49. The average molecular weight is 282 g/mol. The lowest BCUT2D eigenvalue weighted by Gasteiger charge is -2.26. The van der Waals surface area contributed by atoms with E-state index in [1.165, 1.54) is 17.8 Å². The lowest BCUT2D eigenvalue weighted by Crippen LogP contribution is -2.33. The molecule has 0 saturated carbocycles. The van der Waals surface area contributed by atoms with Gasteiger partial charge in [-0.1, -0.05) is 42.1 Å². The molecule has 1 heterocycles. The van der Waals surface area contributed by atoms with Crippen molar-refractivity contribution in [3.63, 3.8) is 0 Å². The summed E-state index contributed by atoms with van der Waals surface area (Å²) in [6, 6.07) is 7.47. The van der Waals surface area contributed by atoms with Crippen molar-refractivity contribution in [3.05, 3.63) is 52.5 Å². The van der Waals surface area contributed by atoms with Crippen LogP contribution in [0.15, 0.2) is 51.8 Å². The Morgan fingerprint density at radius 1 is 1.21 bits per heavy atom. The molecule has 0 N–H and O–H groups in total. The van der Waals surface area contributed by atoms with Gasteiger partial charge in [0.25, 0.3) is 0 Å². The van der Waals surface area contributed by atoms with E-state index in [2.05, 4.69) is 0 Å². The number of carbonyl (C=O) groups is 1. The first kappa shape index (κ1) is 12.5. The number of rotatable bonds is 0. The maximum atomic E-state index is 12.7. The van der Waals surface area contributed by atoms with Crippen LogP contribution in [0.5, 0.6) is 0 Å². The zero-order valence-electron chi connectivity index (χ0n) is 9.70. The summed E-state index contributed by atoms with van der Waals surface area (Å²) in [6.07, 6.45) is -1.83. The summed E-state index contributed by atoms with van der Waals surface area (Å²) in [5.74, 6) is -2.80. The molecule has 0 fully saturated rings. The maximum absolute atomic E-state index is 12.7. The van der Waals surface area contributed by atoms with E-state index in [-0.39, 0.29) is 12.0 Å². The summed E-state index contributed by atoms with van der Waals surface area (Å²) in [7, 11) is 0. The number of alkyl halides is 3. The van der Waals surface area contributed by atoms with Crippen LogP contribution in [0.4, 0.5) is 13.2 Å². The lowest BCUT2D eigenvalue weighted by molar-refractivity contribution is -0.169. The average Bonchev–Trinajstić information content (AvgIpc) is 2.36. The third kappa shape index (κ3) is 2.12. The fraction of sp³-hybridized carbons (Fsp3) is 0.214. The van der Waals surface area contributed by atoms with Gasteiger partial charge in [-0.25, -0.2) is 0 Å². The highest BCUT2D eigenvalue weighted by atomic mass is 32.2. The summed E-state index contributed by atoms with van der Waals surface area (Å²) < 4.78 is 38.2. The second-order valence-corrected chi connectivity index (χ2v) is 5.56. The van der Waals surface area contributed by atoms with Crippen molar-refractivity contribution in [2.45, 2.75) is 17.5 Å². The van der Waals surface area contributed by atoms with Gasteiger partial charge >= 0.3 is 6.18 Å². The largest absolute Gasteiger partial charge is 0.402 e.